The highest BCUT2D eigenvalue weighted by atomic mass is 35.8. The second-order valence-corrected chi connectivity index (χ2v) is 6.69. The van der Waals surface area contributed by atoms with Crippen molar-refractivity contribution in [2.24, 2.45) is 0 Å². The number of alkyl halides is 2. The second kappa shape index (κ2) is 10.6. The average molecular weight is 219 g/mol. The first-order chi connectivity index (χ1) is 3.15. The molecule has 0 saturated carbocycles. The van der Waals surface area contributed by atoms with Gasteiger partial charge in [-0.1, -0.05) is 0 Å². The molecule has 0 N–H and O–H groups in total. The molecule has 0 heterocycles. The van der Waals surface area contributed by atoms with Gasteiger partial charge in [-0.25, -0.2) is 0 Å². The summed E-state index contributed by atoms with van der Waals surface area (Å²) in [7, 11) is 0. The van der Waals surface area contributed by atoms with Crippen molar-refractivity contribution in [1.82, 2.24) is 0 Å². The largest absolute Gasteiger partial charge is 0.376 e. The highest BCUT2D eigenvalue weighted by Gasteiger charge is 1.88. The molecule has 0 saturated heterocycles. The molecular formula is CH2Cl5Si. The maximum absolute atomic E-state index is 4.91. The molecule has 0 aromatic rings. The fourth-order valence-corrected chi connectivity index (χ4v) is 0. The van der Waals surface area contributed by atoms with Crippen molar-refractivity contribution in [2.75, 3.05) is 5.34 Å². The van der Waals surface area contributed by atoms with Gasteiger partial charge < -0.3 is 0 Å². The molecule has 0 aliphatic heterocycles. The van der Waals surface area contributed by atoms with Crippen LogP contribution in [0.3, 0.4) is 0 Å². The lowest BCUT2D eigenvalue weighted by Gasteiger charge is -1.62. The van der Waals surface area contributed by atoms with Gasteiger partial charge in [0.2, 0.25) is 0 Å². The first-order valence-corrected chi connectivity index (χ1v) is 6.71. The predicted octanol–water partition coefficient (Wildman–Crippen LogP) is 3.11. The van der Waals surface area contributed by atoms with E-state index in [1.54, 1.807) is 0 Å². The van der Waals surface area contributed by atoms with Gasteiger partial charge >= 0.3 is 6.73 Å². The van der Waals surface area contributed by atoms with Crippen molar-refractivity contribution in [3.05, 3.63) is 0 Å². The molecule has 0 atom stereocenters. The Bertz CT molecular complexity index is 19.3. The van der Waals surface area contributed by atoms with Crippen molar-refractivity contribution in [3.63, 3.8) is 0 Å². The molecule has 1 radical (unpaired) electrons. The van der Waals surface area contributed by atoms with Crippen molar-refractivity contribution in [2.45, 2.75) is 0 Å². The summed E-state index contributed by atoms with van der Waals surface area (Å²) in [5, 5.41) is 0.194. The molecule has 0 aliphatic carbocycles. The van der Waals surface area contributed by atoms with Gasteiger partial charge in [-0.15, -0.1) is 56.4 Å². The lowest BCUT2D eigenvalue weighted by Crippen LogP contribution is -1.66. The predicted molar refractivity (Wildman–Crippen MR) is 39.9 cm³/mol. The Morgan fingerprint density at radius 2 is 1.00 bits per heavy atom. The SMILES string of the molecule is ClCCl.Cl[Si](Cl)Cl. The normalized spacial score (nSPS) is 7.71. The smallest absolute Gasteiger partial charge is 0.125 e. The highest BCUT2D eigenvalue weighted by molar-refractivity contribution is 7.54. The Morgan fingerprint density at radius 1 is 1.00 bits per heavy atom. The van der Waals surface area contributed by atoms with Crippen molar-refractivity contribution < 1.29 is 0 Å². The Labute approximate surface area is 68.4 Å². The van der Waals surface area contributed by atoms with E-state index in [-0.39, 0.29) is 5.34 Å². The summed E-state index contributed by atoms with van der Waals surface area (Å²) in [5.41, 5.74) is 0. The van der Waals surface area contributed by atoms with Crippen LogP contribution in [0.15, 0.2) is 0 Å². The summed E-state index contributed by atoms with van der Waals surface area (Å²) in [5.74, 6) is 0. The number of hydrogen-bond donors (Lipinski definition) is 0. The van der Waals surface area contributed by atoms with Gasteiger partial charge in [-0.2, -0.15) is 0 Å². The molecular weight excluding hydrogens is 217 g/mol. The summed E-state index contributed by atoms with van der Waals surface area (Å²) in [6.45, 7) is -1.46. The third-order valence-electron chi connectivity index (χ3n) is 0. The number of hydrogen-bond acceptors (Lipinski definition) is 0. The van der Waals surface area contributed by atoms with Gasteiger partial charge in [0.05, 0.1) is 5.34 Å². The minimum atomic E-state index is -1.46. The maximum atomic E-state index is 4.91. The van der Waals surface area contributed by atoms with E-state index in [2.05, 4.69) is 0 Å². The minimum absolute atomic E-state index is 0.194. The van der Waals surface area contributed by atoms with E-state index < -0.39 is 6.73 Å². The van der Waals surface area contributed by atoms with Crippen LogP contribution in [-0.2, 0) is 0 Å². The highest BCUT2D eigenvalue weighted by Crippen LogP contribution is 1.97. The third kappa shape index (κ3) is 88.6. The van der Waals surface area contributed by atoms with Crippen LogP contribution in [0.2, 0.25) is 0 Å². The lowest BCUT2D eigenvalue weighted by molar-refractivity contribution is 2.20. The van der Waals surface area contributed by atoms with Crippen molar-refractivity contribution in [1.29, 1.82) is 0 Å². The molecule has 45 valence electrons. The summed E-state index contributed by atoms with van der Waals surface area (Å²) in [6, 6.07) is 0. The molecule has 0 unspecified atom stereocenters. The molecule has 0 fully saturated rings. The summed E-state index contributed by atoms with van der Waals surface area (Å²) < 4.78 is 0. The Hall–Kier alpha value is 1.67. The molecule has 0 aromatic carbocycles. The standard InChI is InChI=1S/CH2Cl2.Cl3Si/c2-1-3;1-4(2)3/h1H2;. The molecule has 6 heteroatoms. The molecule has 0 aliphatic rings. The van der Waals surface area contributed by atoms with Gasteiger partial charge in [0.25, 0.3) is 0 Å². The van der Waals surface area contributed by atoms with Gasteiger partial charge in [-0.3, -0.25) is 0 Å². The fraction of sp³-hybridized carbons (Fsp3) is 1.00. The van der Waals surface area contributed by atoms with E-state index >= 15 is 0 Å². The molecule has 0 rings (SSSR count). The van der Waals surface area contributed by atoms with Crippen molar-refractivity contribution in [3.8, 4) is 0 Å². The zero-order valence-corrected chi connectivity index (χ0v) is 7.88. The van der Waals surface area contributed by atoms with Crippen LogP contribution in [0.5, 0.6) is 0 Å². The topological polar surface area (TPSA) is 0 Å². The van der Waals surface area contributed by atoms with Crippen LogP contribution in [-0.4, -0.2) is 12.1 Å². The van der Waals surface area contributed by atoms with E-state index in [4.69, 9.17) is 56.4 Å². The van der Waals surface area contributed by atoms with E-state index in [1.807, 2.05) is 0 Å². The number of rotatable bonds is 0. The van der Waals surface area contributed by atoms with Crippen LogP contribution in [0.25, 0.3) is 0 Å². The first kappa shape index (κ1) is 11.5. The van der Waals surface area contributed by atoms with Gasteiger partial charge in [-0.05, 0) is 0 Å². The average Bonchev–Trinajstić information content (AvgIpc) is 1.33. The lowest BCUT2D eigenvalue weighted by atomic mass is 11.9. The van der Waals surface area contributed by atoms with Crippen LogP contribution in [0.1, 0.15) is 0 Å². The molecule has 0 nitrogen and oxygen atoms in total. The van der Waals surface area contributed by atoms with Crippen molar-refractivity contribution >= 4 is 63.2 Å². The maximum Gasteiger partial charge on any atom is 0.376 e. The summed E-state index contributed by atoms with van der Waals surface area (Å²) >= 11 is 24.2. The van der Waals surface area contributed by atoms with Crippen LogP contribution >= 0.6 is 56.4 Å². The van der Waals surface area contributed by atoms with Crippen LogP contribution in [0.4, 0.5) is 0 Å². The zero-order chi connectivity index (χ0) is 6.28. The summed E-state index contributed by atoms with van der Waals surface area (Å²) in [6.07, 6.45) is 0. The fourth-order valence-electron chi connectivity index (χ4n) is 0. The van der Waals surface area contributed by atoms with Gasteiger partial charge in [0.1, 0.15) is 0 Å². The molecule has 0 bridgehead atoms. The first-order valence-electron chi connectivity index (χ1n) is 1.10. The van der Waals surface area contributed by atoms with Gasteiger partial charge in [0, 0.05) is 0 Å². The van der Waals surface area contributed by atoms with Gasteiger partial charge in [0.15, 0.2) is 0 Å². The quantitative estimate of drug-likeness (QED) is 0.334. The molecule has 7 heavy (non-hydrogen) atoms. The van der Waals surface area contributed by atoms with E-state index in [9.17, 15) is 0 Å². The van der Waals surface area contributed by atoms with E-state index in [0.29, 0.717) is 0 Å². The summed E-state index contributed by atoms with van der Waals surface area (Å²) in [4.78, 5) is 0. The molecule has 0 spiro atoms. The Kier molecular flexibility index (Phi) is 17.4. The third-order valence-corrected chi connectivity index (χ3v) is 0. The Balaban J connectivity index is 0. The molecule has 0 amide bonds. The zero-order valence-electron chi connectivity index (χ0n) is 3.10. The minimum Gasteiger partial charge on any atom is -0.125 e. The van der Waals surface area contributed by atoms with E-state index in [0.717, 1.165) is 0 Å². The monoisotopic (exact) mass is 217 g/mol. The Morgan fingerprint density at radius 3 is 1.00 bits per heavy atom. The van der Waals surface area contributed by atoms with Crippen LogP contribution < -0.4 is 0 Å². The second-order valence-electron chi connectivity index (χ2n) is 0.315. The van der Waals surface area contributed by atoms with Crippen LogP contribution in [0, 0.1) is 0 Å². The van der Waals surface area contributed by atoms with E-state index in [1.165, 1.54) is 0 Å². The molecule has 0 aromatic heterocycles. The number of halogens is 5.